The maximum atomic E-state index is 13.6. The Balaban J connectivity index is 2.27. The summed E-state index contributed by atoms with van der Waals surface area (Å²) in [5, 5.41) is 3.26. The molecule has 0 amide bonds. The zero-order chi connectivity index (χ0) is 11.7. The van der Waals surface area contributed by atoms with Gasteiger partial charge in [0, 0.05) is 17.6 Å². The molecule has 1 aromatic rings. The van der Waals surface area contributed by atoms with Crippen LogP contribution in [0.3, 0.4) is 0 Å². The van der Waals surface area contributed by atoms with E-state index in [-0.39, 0.29) is 17.6 Å². The zero-order valence-electron chi connectivity index (χ0n) is 9.34. The van der Waals surface area contributed by atoms with Crippen molar-refractivity contribution in [3.8, 4) is 0 Å². The molecule has 1 aliphatic heterocycles. The Labute approximate surface area is 93.6 Å². The number of rotatable bonds is 1. The quantitative estimate of drug-likeness (QED) is 0.795. The molecule has 0 spiro atoms. The van der Waals surface area contributed by atoms with E-state index in [2.05, 4.69) is 5.32 Å². The minimum absolute atomic E-state index is 0.0277. The minimum atomic E-state index is -0.827. The van der Waals surface area contributed by atoms with Crippen molar-refractivity contribution in [1.29, 1.82) is 0 Å². The first-order chi connectivity index (χ1) is 7.59. The van der Waals surface area contributed by atoms with Crippen molar-refractivity contribution in [3.63, 3.8) is 0 Å². The summed E-state index contributed by atoms with van der Waals surface area (Å²) < 4.78 is 32.2. The van der Waals surface area contributed by atoms with Crippen LogP contribution < -0.4 is 5.32 Å². The lowest BCUT2D eigenvalue weighted by Gasteiger charge is -2.34. The Hall–Kier alpha value is -1.00. The van der Waals surface area contributed by atoms with Crippen molar-refractivity contribution in [2.24, 2.45) is 0 Å². The lowest BCUT2D eigenvalue weighted by Crippen LogP contribution is -2.47. The summed E-state index contributed by atoms with van der Waals surface area (Å²) in [6.45, 7) is 4.41. The molecule has 4 heteroatoms. The van der Waals surface area contributed by atoms with E-state index in [0.29, 0.717) is 6.61 Å². The van der Waals surface area contributed by atoms with Gasteiger partial charge in [0.05, 0.1) is 6.61 Å². The Morgan fingerprint density at radius 1 is 1.31 bits per heavy atom. The van der Waals surface area contributed by atoms with Crippen molar-refractivity contribution >= 4 is 0 Å². The van der Waals surface area contributed by atoms with Gasteiger partial charge in [-0.3, -0.25) is 0 Å². The fourth-order valence-corrected chi connectivity index (χ4v) is 2.08. The Morgan fingerprint density at radius 3 is 2.75 bits per heavy atom. The van der Waals surface area contributed by atoms with E-state index in [1.54, 1.807) is 6.07 Å². The van der Waals surface area contributed by atoms with Gasteiger partial charge in [0.1, 0.15) is 6.10 Å². The highest BCUT2D eigenvalue weighted by Crippen LogP contribution is 2.28. The average Bonchev–Trinajstić information content (AvgIpc) is 2.23. The highest BCUT2D eigenvalue weighted by atomic mass is 19.2. The maximum Gasteiger partial charge on any atom is 0.164 e. The maximum absolute atomic E-state index is 13.6. The highest BCUT2D eigenvalue weighted by molar-refractivity contribution is 5.23. The van der Waals surface area contributed by atoms with Crippen molar-refractivity contribution in [2.45, 2.75) is 32.0 Å². The summed E-state index contributed by atoms with van der Waals surface area (Å²) in [6, 6.07) is 4.39. The summed E-state index contributed by atoms with van der Waals surface area (Å²) >= 11 is 0. The van der Waals surface area contributed by atoms with Crippen molar-refractivity contribution < 1.29 is 13.5 Å². The van der Waals surface area contributed by atoms with Crippen molar-refractivity contribution in [3.05, 3.63) is 35.4 Å². The molecule has 2 rings (SSSR count). The molecule has 0 unspecified atom stereocenters. The second kappa shape index (κ2) is 4.47. The second-order valence-electron chi connectivity index (χ2n) is 4.25. The van der Waals surface area contributed by atoms with Gasteiger partial charge in [0.15, 0.2) is 11.6 Å². The zero-order valence-corrected chi connectivity index (χ0v) is 9.34. The lowest BCUT2D eigenvalue weighted by atomic mass is 10.00. The molecule has 1 fully saturated rings. The van der Waals surface area contributed by atoms with E-state index in [0.717, 1.165) is 6.07 Å². The summed E-state index contributed by atoms with van der Waals surface area (Å²) in [5.74, 6) is -1.64. The predicted molar refractivity (Wildman–Crippen MR) is 57.1 cm³/mol. The third-order valence-corrected chi connectivity index (χ3v) is 2.82. The van der Waals surface area contributed by atoms with Gasteiger partial charge in [-0.05, 0) is 19.9 Å². The van der Waals surface area contributed by atoms with E-state index < -0.39 is 17.7 Å². The van der Waals surface area contributed by atoms with Crippen LogP contribution in [0.25, 0.3) is 0 Å². The van der Waals surface area contributed by atoms with Crippen LogP contribution in [0.1, 0.15) is 25.5 Å². The summed E-state index contributed by atoms with van der Waals surface area (Å²) in [4.78, 5) is 0. The first-order valence-corrected chi connectivity index (χ1v) is 5.41. The summed E-state index contributed by atoms with van der Waals surface area (Å²) in [7, 11) is 0. The van der Waals surface area contributed by atoms with Crippen LogP contribution in [0.4, 0.5) is 8.78 Å². The molecular formula is C12H15F2NO. The molecule has 0 saturated carbocycles. The molecule has 1 N–H and O–H groups in total. The van der Waals surface area contributed by atoms with Crippen molar-refractivity contribution in [2.75, 3.05) is 6.61 Å². The number of nitrogens with one attached hydrogen (secondary N) is 1. The fraction of sp³-hybridized carbons (Fsp3) is 0.500. The summed E-state index contributed by atoms with van der Waals surface area (Å²) in [5.41, 5.74) is 0.284. The van der Waals surface area contributed by atoms with Gasteiger partial charge >= 0.3 is 0 Å². The molecular weight excluding hydrogens is 212 g/mol. The van der Waals surface area contributed by atoms with Crippen LogP contribution >= 0.6 is 0 Å². The highest BCUT2D eigenvalue weighted by Gasteiger charge is 2.29. The van der Waals surface area contributed by atoms with Gasteiger partial charge in [-0.25, -0.2) is 8.78 Å². The first kappa shape index (κ1) is 11.5. The van der Waals surface area contributed by atoms with Crippen LogP contribution in [0.5, 0.6) is 0 Å². The molecule has 1 saturated heterocycles. The third-order valence-electron chi connectivity index (χ3n) is 2.82. The van der Waals surface area contributed by atoms with Gasteiger partial charge in [-0.1, -0.05) is 12.1 Å². The van der Waals surface area contributed by atoms with Crippen LogP contribution in [-0.2, 0) is 4.74 Å². The molecule has 1 aliphatic rings. The number of hydrogen-bond donors (Lipinski definition) is 1. The van der Waals surface area contributed by atoms with E-state index >= 15 is 0 Å². The molecule has 2 nitrogen and oxygen atoms in total. The van der Waals surface area contributed by atoms with Crippen LogP contribution in [0.2, 0.25) is 0 Å². The average molecular weight is 227 g/mol. The monoisotopic (exact) mass is 227 g/mol. The lowest BCUT2D eigenvalue weighted by molar-refractivity contribution is -0.0228. The number of hydrogen-bond acceptors (Lipinski definition) is 2. The van der Waals surface area contributed by atoms with Crippen LogP contribution in [0.15, 0.2) is 18.2 Å². The minimum Gasteiger partial charge on any atom is -0.370 e. The molecule has 0 aromatic heterocycles. The number of morpholine rings is 1. The van der Waals surface area contributed by atoms with Gasteiger partial charge < -0.3 is 10.1 Å². The molecule has 0 aliphatic carbocycles. The standard InChI is InChI=1S/C12H15F2NO/c1-7-6-16-12(8(2)15-7)9-4-3-5-10(13)11(9)14/h3-5,7-8,12,15H,6H2,1-2H3/t7-,8+,12-/m0/s1. The van der Waals surface area contributed by atoms with Gasteiger partial charge in [0.25, 0.3) is 0 Å². The first-order valence-electron chi connectivity index (χ1n) is 5.41. The predicted octanol–water partition coefficient (Wildman–Crippen LogP) is 2.40. The van der Waals surface area contributed by atoms with Gasteiger partial charge in [0.2, 0.25) is 0 Å². The largest absolute Gasteiger partial charge is 0.370 e. The van der Waals surface area contributed by atoms with Crippen LogP contribution in [0, 0.1) is 11.6 Å². The van der Waals surface area contributed by atoms with Crippen LogP contribution in [-0.4, -0.2) is 18.7 Å². The number of benzene rings is 1. The molecule has 1 aromatic carbocycles. The molecule has 1 heterocycles. The molecule has 3 atom stereocenters. The Kier molecular flexibility index (Phi) is 3.21. The SMILES string of the molecule is C[C@H]1CO[C@H](c2cccc(F)c2F)[C@@H](C)N1. The van der Waals surface area contributed by atoms with E-state index in [4.69, 9.17) is 4.74 Å². The second-order valence-corrected chi connectivity index (χ2v) is 4.25. The normalized spacial score (nSPS) is 30.4. The molecule has 16 heavy (non-hydrogen) atoms. The Bertz CT molecular complexity index is 383. The van der Waals surface area contributed by atoms with E-state index in [9.17, 15) is 8.78 Å². The smallest absolute Gasteiger partial charge is 0.164 e. The summed E-state index contributed by atoms with van der Waals surface area (Å²) in [6.07, 6.45) is -0.424. The van der Waals surface area contributed by atoms with Gasteiger partial charge in [-0.15, -0.1) is 0 Å². The molecule has 88 valence electrons. The molecule has 0 radical (unpaired) electrons. The van der Waals surface area contributed by atoms with Crippen molar-refractivity contribution in [1.82, 2.24) is 5.32 Å². The van der Waals surface area contributed by atoms with Gasteiger partial charge in [-0.2, -0.15) is 0 Å². The topological polar surface area (TPSA) is 21.3 Å². The Morgan fingerprint density at radius 2 is 2.06 bits per heavy atom. The molecule has 0 bridgehead atoms. The fourth-order valence-electron chi connectivity index (χ4n) is 2.08. The van der Waals surface area contributed by atoms with E-state index in [1.807, 2.05) is 13.8 Å². The third kappa shape index (κ3) is 2.08. The number of halogens is 2. The number of ether oxygens (including phenoxy) is 1. The van der Waals surface area contributed by atoms with E-state index in [1.165, 1.54) is 6.07 Å².